The zero-order chi connectivity index (χ0) is 18.0. The van der Waals surface area contributed by atoms with E-state index in [2.05, 4.69) is 22.6 Å². The van der Waals surface area contributed by atoms with Crippen LogP contribution in [-0.4, -0.2) is 35.1 Å². The lowest BCUT2D eigenvalue weighted by Gasteiger charge is -2.15. The molecule has 1 saturated carbocycles. The molecule has 0 spiro atoms. The number of phenolic OH excluding ortho intramolecular Hbond substituents is 1. The largest absolute Gasteiger partial charge is 0.508 e. The number of aliphatic hydroxyl groups excluding tert-OH is 1. The quantitative estimate of drug-likeness (QED) is 0.570. The van der Waals surface area contributed by atoms with Gasteiger partial charge in [-0.15, -0.1) is 0 Å². The molecule has 0 bridgehead atoms. The van der Waals surface area contributed by atoms with Crippen LogP contribution < -0.4 is 5.32 Å². The second kappa shape index (κ2) is 6.94. The van der Waals surface area contributed by atoms with E-state index < -0.39 is 0 Å². The van der Waals surface area contributed by atoms with Gasteiger partial charge < -0.3 is 20.1 Å². The summed E-state index contributed by atoms with van der Waals surface area (Å²) in [5, 5.41) is 26.3. The van der Waals surface area contributed by atoms with Crippen molar-refractivity contribution in [2.45, 2.75) is 18.3 Å². The number of rotatable bonds is 7. The molecule has 1 aromatic heterocycles. The number of nitrogens with zero attached hydrogens (tertiary/aromatic N) is 1. The van der Waals surface area contributed by atoms with Gasteiger partial charge in [-0.3, -0.25) is 0 Å². The second-order valence-electron chi connectivity index (χ2n) is 6.83. The van der Waals surface area contributed by atoms with Crippen molar-refractivity contribution >= 4 is 0 Å². The molecule has 0 radical (unpaired) electrons. The van der Waals surface area contributed by atoms with E-state index in [9.17, 15) is 5.11 Å². The van der Waals surface area contributed by atoms with Gasteiger partial charge in [-0.2, -0.15) is 0 Å². The summed E-state index contributed by atoms with van der Waals surface area (Å²) in [7, 11) is 0. The molecule has 0 unspecified atom stereocenters. The third-order valence-corrected chi connectivity index (χ3v) is 4.98. The molecule has 1 heterocycles. The summed E-state index contributed by atoms with van der Waals surface area (Å²) < 4.78 is 5.88. The highest BCUT2D eigenvalue weighted by molar-refractivity contribution is 5.83. The Morgan fingerprint density at radius 1 is 1.00 bits per heavy atom. The first kappa shape index (κ1) is 16.8. The summed E-state index contributed by atoms with van der Waals surface area (Å²) >= 11 is 0. The highest BCUT2D eigenvalue weighted by Gasteiger charge is 2.49. The Hall–Kier alpha value is -2.63. The summed E-state index contributed by atoms with van der Waals surface area (Å²) in [5.41, 5.74) is 3.72. The standard InChI is InChI=1S/C21H22N2O3/c24-13-12-22-14-21(10-11-21)20-18(15-4-2-1-3-5-15)19(23-26-20)16-6-8-17(25)9-7-16/h1-9,22,24-25H,10-14H2. The van der Waals surface area contributed by atoms with Crippen LogP contribution in [0.4, 0.5) is 0 Å². The number of aliphatic hydroxyl groups is 1. The Morgan fingerprint density at radius 2 is 1.73 bits per heavy atom. The van der Waals surface area contributed by atoms with E-state index >= 15 is 0 Å². The van der Waals surface area contributed by atoms with Gasteiger partial charge in [0.25, 0.3) is 0 Å². The number of hydrogen-bond acceptors (Lipinski definition) is 5. The van der Waals surface area contributed by atoms with E-state index in [0.717, 1.165) is 47.5 Å². The smallest absolute Gasteiger partial charge is 0.152 e. The maximum absolute atomic E-state index is 9.58. The van der Waals surface area contributed by atoms with E-state index in [-0.39, 0.29) is 17.8 Å². The van der Waals surface area contributed by atoms with Crippen LogP contribution in [-0.2, 0) is 5.41 Å². The predicted octanol–water partition coefficient (Wildman–Crippen LogP) is 3.33. The first-order chi connectivity index (χ1) is 12.7. The Balaban J connectivity index is 1.79. The molecule has 0 aliphatic heterocycles. The van der Waals surface area contributed by atoms with E-state index in [1.54, 1.807) is 12.1 Å². The minimum absolute atomic E-state index is 0.0670. The first-order valence-corrected chi connectivity index (χ1v) is 8.90. The minimum Gasteiger partial charge on any atom is -0.508 e. The predicted molar refractivity (Wildman–Crippen MR) is 99.9 cm³/mol. The van der Waals surface area contributed by atoms with Gasteiger partial charge in [0, 0.05) is 24.1 Å². The third-order valence-electron chi connectivity index (χ3n) is 4.98. The van der Waals surface area contributed by atoms with Crippen LogP contribution in [0.3, 0.4) is 0 Å². The van der Waals surface area contributed by atoms with E-state index in [1.165, 1.54) is 0 Å². The molecule has 2 aromatic carbocycles. The molecule has 1 aliphatic rings. The van der Waals surface area contributed by atoms with Crippen molar-refractivity contribution in [2.75, 3.05) is 19.7 Å². The summed E-state index contributed by atoms with van der Waals surface area (Å²) in [6, 6.07) is 17.2. The van der Waals surface area contributed by atoms with Crippen LogP contribution in [0.15, 0.2) is 59.1 Å². The van der Waals surface area contributed by atoms with Gasteiger partial charge >= 0.3 is 0 Å². The highest BCUT2D eigenvalue weighted by Crippen LogP contribution is 2.52. The second-order valence-corrected chi connectivity index (χ2v) is 6.83. The summed E-state index contributed by atoms with van der Waals surface area (Å²) in [6.45, 7) is 1.45. The van der Waals surface area contributed by atoms with Gasteiger partial charge in [0.15, 0.2) is 5.76 Å². The third kappa shape index (κ3) is 3.11. The van der Waals surface area contributed by atoms with Crippen molar-refractivity contribution in [2.24, 2.45) is 0 Å². The number of aromatic hydroxyl groups is 1. The topological polar surface area (TPSA) is 78.5 Å². The minimum atomic E-state index is -0.0670. The number of phenols is 1. The highest BCUT2D eigenvalue weighted by atomic mass is 16.5. The van der Waals surface area contributed by atoms with Crippen molar-refractivity contribution in [1.82, 2.24) is 10.5 Å². The average molecular weight is 350 g/mol. The monoisotopic (exact) mass is 350 g/mol. The van der Waals surface area contributed by atoms with Crippen molar-refractivity contribution in [3.05, 3.63) is 60.4 Å². The summed E-state index contributed by atoms with van der Waals surface area (Å²) in [4.78, 5) is 0. The van der Waals surface area contributed by atoms with E-state index in [1.807, 2.05) is 30.3 Å². The summed E-state index contributed by atoms with van der Waals surface area (Å²) in [6.07, 6.45) is 2.07. The van der Waals surface area contributed by atoms with Crippen molar-refractivity contribution in [3.63, 3.8) is 0 Å². The SMILES string of the molecule is OCCNCC1(c2onc(-c3ccc(O)cc3)c2-c2ccccc2)CC1. The van der Waals surface area contributed by atoms with Crippen LogP contribution in [0.5, 0.6) is 5.75 Å². The number of benzene rings is 2. The molecule has 0 saturated heterocycles. The van der Waals surface area contributed by atoms with Crippen LogP contribution in [0.1, 0.15) is 18.6 Å². The van der Waals surface area contributed by atoms with Crippen molar-refractivity contribution in [1.29, 1.82) is 0 Å². The van der Waals surface area contributed by atoms with Crippen molar-refractivity contribution < 1.29 is 14.7 Å². The first-order valence-electron chi connectivity index (χ1n) is 8.90. The molecule has 4 rings (SSSR count). The van der Waals surface area contributed by atoms with Crippen LogP contribution in [0.2, 0.25) is 0 Å². The average Bonchev–Trinajstić information content (AvgIpc) is 3.32. The molecule has 0 atom stereocenters. The fourth-order valence-corrected chi connectivity index (χ4v) is 3.38. The molecule has 26 heavy (non-hydrogen) atoms. The molecular formula is C21H22N2O3. The molecule has 0 amide bonds. The molecule has 1 aliphatic carbocycles. The number of aromatic nitrogens is 1. The molecular weight excluding hydrogens is 328 g/mol. The lowest BCUT2D eigenvalue weighted by Crippen LogP contribution is -2.29. The molecule has 3 N–H and O–H groups in total. The lowest BCUT2D eigenvalue weighted by molar-refractivity contribution is 0.285. The maximum atomic E-state index is 9.58. The molecule has 134 valence electrons. The van der Waals surface area contributed by atoms with Crippen LogP contribution >= 0.6 is 0 Å². The fourth-order valence-electron chi connectivity index (χ4n) is 3.38. The zero-order valence-electron chi connectivity index (χ0n) is 14.5. The Bertz CT molecular complexity index is 868. The summed E-state index contributed by atoms with van der Waals surface area (Å²) in [5.74, 6) is 1.13. The van der Waals surface area contributed by atoms with Crippen LogP contribution in [0, 0.1) is 0 Å². The fraction of sp³-hybridized carbons (Fsp3) is 0.286. The van der Waals surface area contributed by atoms with Gasteiger partial charge in [0.1, 0.15) is 11.4 Å². The molecule has 5 nitrogen and oxygen atoms in total. The molecule has 5 heteroatoms. The van der Waals surface area contributed by atoms with Gasteiger partial charge in [-0.05, 0) is 42.7 Å². The van der Waals surface area contributed by atoms with Crippen molar-refractivity contribution in [3.8, 4) is 28.1 Å². The van der Waals surface area contributed by atoms with Gasteiger partial charge in [-0.1, -0.05) is 35.5 Å². The number of hydrogen-bond donors (Lipinski definition) is 3. The normalized spacial score (nSPS) is 15.1. The van der Waals surface area contributed by atoms with Crippen LogP contribution in [0.25, 0.3) is 22.4 Å². The maximum Gasteiger partial charge on any atom is 0.152 e. The Morgan fingerprint density at radius 3 is 2.38 bits per heavy atom. The van der Waals surface area contributed by atoms with E-state index in [0.29, 0.717) is 6.54 Å². The van der Waals surface area contributed by atoms with Gasteiger partial charge in [0.2, 0.25) is 0 Å². The number of nitrogens with one attached hydrogen (secondary N) is 1. The zero-order valence-corrected chi connectivity index (χ0v) is 14.5. The van der Waals surface area contributed by atoms with Gasteiger partial charge in [-0.25, -0.2) is 0 Å². The van der Waals surface area contributed by atoms with Gasteiger partial charge in [0.05, 0.1) is 12.2 Å². The Kier molecular flexibility index (Phi) is 4.49. The van der Waals surface area contributed by atoms with E-state index in [4.69, 9.17) is 9.63 Å². The molecule has 3 aromatic rings. The Labute approximate surface area is 152 Å². The molecule has 1 fully saturated rings. The lowest BCUT2D eigenvalue weighted by atomic mass is 9.92.